The molecule has 0 spiro atoms. The lowest BCUT2D eigenvalue weighted by Gasteiger charge is -2.29. The van der Waals surface area contributed by atoms with Crippen LogP contribution in [0.5, 0.6) is 0 Å². The lowest BCUT2D eigenvalue weighted by Crippen LogP contribution is -2.33. The van der Waals surface area contributed by atoms with Gasteiger partial charge in [0.1, 0.15) is 0 Å². The summed E-state index contributed by atoms with van der Waals surface area (Å²) in [4.78, 5) is 5.28. The number of aryl methyl sites for hydroxylation is 1. The van der Waals surface area contributed by atoms with E-state index in [1.54, 1.807) is 0 Å². The van der Waals surface area contributed by atoms with Gasteiger partial charge in [0.15, 0.2) is 0 Å². The molecule has 1 heterocycles. The summed E-state index contributed by atoms with van der Waals surface area (Å²) in [5.74, 6) is 0. The van der Waals surface area contributed by atoms with Crippen molar-refractivity contribution in [2.75, 3.05) is 19.6 Å². The van der Waals surface area contributed by atoms with E-state index in [0.717, 1.165) is 19.6 Å². The third-order valence-electron chi connectivity index (χ3n) is 2.96. The minimum Gasteiger partial charge on any atom is -0.329 e. The van der Waals surface area contributed by atoms with Crippen LogP contribution in [-0.2, 0) is 0 Å². The Morgan fingerprint density at radius 1 is 1.38 bits per heavy atom. The molecule has 1 aromatic heterocycles. The Labute approximate surface area is 103 Å². The SMILES string of the molecule is CCCCN(CC)C(CN)c1ccc(C)s1. The fourth-order valence-corrected chi connectivity index (χ4v) is 3.00. The Kier molecular flexibility index (Phi) is 6.03. The van der Waals surface area contributed by atoms with Gasteiger partial charge in [0, 0.05) is 16.3 Å². The van der Waals surface area contributed by atoms with Gasteiger partial charge in [-0.3, -0.25) is 4.90 Å². The maximum absolute atomic E-state index is 5.93. The standard InChI is InChI=1S/C13H24N2S/c1-4-6-9-15(5-2)12(10-14)13-8-7-11(3)16-13/h7-8,12H,4-6,9-10,14H2,1-3H3. The van der Waals surface area contributed by atoms with Gasteiger partial charge in [-0.25, -0.2) is 0 Å². The number of rotatable bonds is 7. The zero-order valence-corrected chi connectivity index (χ0v) is 11.5. The number of unbranched alkanes of at least 4 members (excludes halogenated alkanes) is 1. The lowest BCUT2D eigenvalue weighted by molar-refractivity contribution is 0.212. The fraction of sp³-hybridized carbons (Fsp3) is 0.692. The first kappa shape index (κ1) is 13.7. The Morgan fingerprint density at radius 2 is 2.12 bits per heavy atom. The van der Waals surface area contributed by atoms with Crippen LogP contribution in [0.15, 0.2) is 12.1 Å². The molecule has 0 amide bonds. The van der Waals surface area contributed by atoms with Crippen molar-refractivity contribution in [3.63, 3.8) is 0 Å². The second-order valence-electron chi connectivity index (χ2n) is 4.18. The molecule has 1 unspecified atom stereocenters. The second-order valence-corrected chi connectivity index (χ2v) is 5.50. The highest BCUT2D eigenvalue weighted by Crippen LogP contribution is 2.26. The molecule has 1 rings (SSSR count). The third kappa shape index (κ3) is 3.58. The van der Waals surface area contributed by atoms with Crippen LogP contribution in [0.4, 0.5) is 0 Å². The smallest absolute Gasteiger partial charge is 0.0564 e. The highest BCUT2D eigenvalue weighted by atomic mass is 32.1. The number of hydrogen-bond donors (Lipinski definition) is 1. The first-order chi connectivity index (χ1) is 7.72. The van der Waals surface area contributed by atoms with Crippen LogP contribution in [0.1, 0.15) is 42.5 Å². The summed E-state index contributed by atoms with van der Waals surface area (Å²) in [5, 5.41) is 0. The van der Waals surface area contributed by atoms with Crippen LogP contribution in [0.25, 0.3) is 0 Å². The first-order valence-electron chi connectivity index (χ1n) is 6.23. The Bertz CT molecular complexity index is 296. The average molecular weight is 240 g/mol. The van der Waals surface area contributed by atoms with Gasteiger partial charge in [0.25, 0.3) is 0 Å². The molecule has 16 heavy (non-hydrogen) atoms. The first-order valence-corrected chi connectivity index (χ1v) is 7.05. The summed E-state index contributed by atoms with van der Waals surface area (Å²) in [5.41, 5.74) is 5.93. The number of nitrogens with two attached hydrogens (primary N) is 1. The van der Waals surface area contributed by atoms with Crippen LogP contribution >= 0.6 is 11.3 Å². The van der Waals surface area contributed by atoms with E-state index in [9.17, 15) is 0 Å². The number of hydrogen-bond acceptors (Lipinski definition) is 3. The van der Waals surface area contributed by atoms with E-state index < -0.39 is 0 Å². The van der Waals surface area contributed by atoms with E-state index in [1.165, 1.54) is 22.6 Å². The molecule has 92 valence electrons. The van der Waals surface area contributed by atoms with Crippen molar-refractivity contribution in [2.24, 2.45) is 5.73 Å². The molecule has 0 aliphatic heterocycles. The summed E-state index contributed by atoms with van der Waals surface area (Å²) in [7, 11) is 0. The minimum absolute atomic E-state index is 0.412. The van der Waals surface area contributed by atoms with Gasteiger partial charge in [-0.05, 0) is 38.6 Å². The van der Waals surface area contributed by atoms with Crippen molar-refractivity contribution < 1.29 is 0 Å². The van der Waals surface area contributed by atoms with Gasteiger partial charge < -0.3 is 5.73 Å². The molecule has 0 saturated heterocycles. The Hall–Kier alpha value is -0.380. The van der Waals surface area contributed by atoms with Crippen molar-refractivity contribution in [3.05, 3.63) is 21.9 Å². The molecule has 3 heteroatoms. The zero-order chi connectivity index (χ0) is 12.0. The molecule has 2 nitrogen and oxygen atoms in total. The van der Waals surface area contributed by atoms with Gasteiger partial charge in [-0.2, -0.15) is 0 Å². The van der Waals surface area contributed by atoms with E-state index in [1.807, 2.05) is 11.3 Å². The molecule has 0 saturated carbocycles. The second kappa shape index (κ2) is 7.05. The molecular formula is C13H24N2S. The molecule has 0 fully saturated rings. The van der Waals surface area contributed by atoms with Gasteiger partial charge in [0.05, 0.1) is 6.04 Å². The quantitative estimate of drug-likeness (QED) is 0.793. The van der Waals surface area contributed by atoms with E-state index in [4.69, 9.17) is 5.73 Å². The Morgan fingerprint density at radius 3 is 2.56 bits per heavy atom. The molecule has 0 aromatic carbocycles. The van der Waals surface area contributed by atoms with Crippen LogP contribution in [0, 0.1) is 6.92 Å². The van der Waals surface area contributed by atoms with Crippen LogP contribution < -0.4 is 5.73 Å². The van der Waals surface area contributed by atoms with E-state index in [-0.39, 0.29) is 0 Å². The fourth-order valence-electron chi connectivity index (χ4n) is 1.97. The summed E-state index contributed by atoms with van der Waals surface area (Å²) >= 11 is 1.88. The van der Waals surface area contributed by atoms with E-state index in [0.29, 0.717) is 6.04 Å². The molecule has 0 aliphatic carbocycles. The van der Waals surface area contributed by atoms with Gasteiger partial charge in [-0.15, -0.1) is 11.3 Å². The highest BCUT2D eigenvalue weighted by Gasteiger charge is 2.18. The van der Waals surface area contributed by atoms with Crippen molar-refractivity contribution in [2.45, 2.75) is 39.7 Å². The molecule has 2 N–H and O–H groups in total. The monoisotopic (exact) mass is 240 g/mol. The Balaban J connectivity index is 2.70. The lowest BCUT2D eigenvalue weighted by atomic mass is 10.2. The van der Waals surface area contributed by atoms with Crippen LogP contribution in [-0.4, -0.2) is 24.5 Å². The molecule has 0 bridgehead atoms. The predicted molar refractivity (Wildman–Crippen MR) is 73.0 cm³/mol. The van der Waals surface area contributed by atoms with Gasteiger partial charge in [-0.1, -0.05) is 20.3 Å². The summed E-state index contributed by atoms with van der Waals surface area (Å²) in [6.45, 7) is 9.57. The summed E-state index contributed by atoms with van der Waals surface area (Å²) in [6, 6.07) is 4.83. The van der Waals surface area contributed by atoms with E-state index in [2.05, 4.69) is 37.8 Å². The zero-order valence-electron chi connectivity index (χ0n) is 10.7. The van der Waals surface area contributed by atoms with Crippen molar-refractivity contribution in [3.8, 4) is 0 Å². The molecular weight excluding hydrogens is 216 g/mol. The molecule has 0 aliphatic rings. The van der Waals surface area contributed by atoms with Crippen LogP contribution in [0.3, 0.4) is 0 Å². The molecule has 0 radical (unpaired) electrons. The molecule has 1 atom stereocenters. The highest BCUT2D eigenvalue weighted by molar-refractivity contribution is 7.12. The largest absolute Gasteiger partial charge is 0.329 e. The predicted octanol–water partition coefficient (Wildman–Crippen LogP) is 3.18. The number of nitrogens with zero attached hydrogens (tertiary/aromatic N) is 1. The third-order valence-corrected chi connectivity index (χ3v) is 4.06. The number of thiophene rings is 1. The average Bonchev–Trinajstić information content (AvgIpc) is 2.70. The summed E-state index contributed by atoms with van der Waals surface area (Å²) in [6.07, 6.45) is 2.51. The molecule has 1 aromatic rings. The van der Waals surface area contributed by atoms with Crippen molar-refractivity contribution >= 4 is 11.3 Å². The van der Waals surface area contributed by atoms with Crippen molar-refractivity contribution in [1.82, 2.24) is 4.90 Å². The van der Waals surface area contributed by atoms with Gasteiger partial charge >= 0.3 is 0 Å². The minimum atomic E-state index is 0.412. The van der Waals surface area contributed by atoms with E-state index >= 15 is 0 Å². The maximum Gasteiger partial charge on any atom is 0.0564 e. The van der Waals surface area contributed by atoms with Crippen LogP contribution in [0.2, 0.25) is 0 Å². The summed E-state index contributed by atoms with van der Waals surface area (Å²) < 4.78 is 0. The van der Waals surface area contributed by atoms with Gasteiger partial charge in [0.2, 0.25) is 0 Å². The van der Waals surface area contributed by atoms with Crippen molar-refractivity contribution in [1.29, 1.82) is 0 Å². The maximum atomic E-state index is 5.93. The normalized spacial score (nSPS) is 13.3. The number of likely N-dealkylation sites (N-methyl/N-ethyl adjacent to an activating group) is 1. The topological polar surface area (TPSA) is 29.3 Å².